The molecule has 1 amide bonds. The predicted octanol–water partition coefficient (Wildman–Crippen LogP) is 1.91. The van der Waals surface area contributed by atoms with E-state index in [2.05, 4.69) is 4.72 Å². The summed E-state index contributed by atoms with van der Waals surface area (Å²) in [6, 6.07) is 2.60. The van der Waals surface area contributed by atoms with Crippen molar-refractivity contribution >= 4 is 21.9 Å². The van der Waals surface area contributed by atoms with Crippen LogP contribution in [0.25, 0.3) is 0 Å². The van der Waals surface area contributed by atoms with Crippen molar-refractivity contribution in [2.24, 2.45) is 5.92 Å². The fourth-order valence-corrected chi connectivity index (χ4v) is 4.23. The summed E-state index contributed by atoms with van der Waals surface area (Å²) < 4.78 is 65.2. The van der Waals surface area contributed by atoms with Crippen LogP contribution < -0.4 is 4.72 Å². The van der Waals surface area contributed by atoms with Crippen molar-refractivity contribution in [3.8, 4) is 0 Å². The largest absolute Gasteiger partial charge is 0.480 e. The molecule has 1 aliphatic rings. The Morgan fingerprint density at radius 1 is 1.25 bits per heavy atom. The maximum absolute atomic E-state index is 12.6. The number of benzene rings is 1. The van der Waals surface area contributed by atoms with Crippen LogP contribution in [0.1, 0.15) is 31.4 Å². The number of nitrogens with one attached hydrogen (secondary N) is 1. The molecule has 2 rings (SSSR count). The number of nitrogens with zero attached hydrogens (tertiary/aromatic N) is 1. The highest BCUT2D eigenvalue weighted by Crippen LogP contribution is 2.26. The third-order valence-electron chi connectivity index (χ3n) is 4.33. The van der Waals surface area contributed by atoms with E-state index < -0.39 is 34.1 Å². The Bertz CT molecular complexity index is 868. The van der Waals surface area contributed by atoms with Gasteiger partial charge >= 0.3 is 18.1 Å². The summed E-state index contributed by atoms with van der Waals surface area (Å²) in [5.41, 5.74) is 0.921. The summed E-state index contributed by atoms with van der Waals surface area (Å²) in [5, 5.41) is 9.22. The fraction of sp³-hybridized carbons (Fsp3) is 0.529. The molecule has 0 unspecified atom stereocenters. The summed E-state index contributed by atoms with van der Waals surface area (Å²) >= 11 is 0. The molecule has 0 fully saturated rings. The molecule has 1 aromatic carbocycles. The highest BCUT2D eigenvalue weighted by molar-refractivity contribution is 7.89. The Kier molecular flexibility index (Phi) is 6.39. The number of hydrogen-bond donors (Lipinski definition) is 2. The van der Waals surface area contributed by atoms with Gasteiger partial charge in [-0.2, -0.15) is 17.9 Å². The smallest absolute Gasteiger partial charge is 0.471 e. The van der Waals surface area contributed by atoms with Gasteiger partial charge in [-0.3, -0.25) is 9.59 Å². The van der Waals surface area contributed by atoms with Crippen molar-refractivity contribution in [1.82, 2.24) is 9.62 Å². The van der Waals surface area contributed by atoms with Crippen molar-refractivity contribution in [1.29, 1.82) is 0 Å². The van der Waals surface area contributed by atoms with E-state index in [1.807, 2.05) is 0 Å². The van der Waals surface area contributed by atoms with E-state index in [0.29, 0.717) is 10.5 Å². The topological polar surface area (TPSA) is 104 Å². The number of alkyl halides is 3. The number of halogens is 3. The molecule has 2 N–H and O–H groups in total. The van der Waals surface area contributed by atoms with E-state index in [1.165, 1.54) is 18.2 Å². The van der Waals surface area contributed by atoms with E-state index in [4.69, 9.17) is 0 Å². The molecule has 156 valence electrons. The second kappa shape index (κ2) is 8.08. The zero-order chi connectivity index (χ0) is 21.3. The van der Waals surface area contributed by atoms with Crippen molar-refractivity contribution < 1.29 is 36.3 Å². The number of rotatable bonds is 6. The first kappa shape index (κ1) is 22.2. The van der Waals surface area contributed by atoms with Crippen LogP contribution >= 0.6 is 0 Å². The number of carboxylic acid groups (broad SMARTS) is 1. The van der Waals surface area contributed by atoms with Gasteiger partial charge in [0.25, 0.3) is 0 Å². The number of carboxylic acids is 1. The molecule has 1 aromatic rings. The van der Waals surface area contributed by atoms with Gasteiger partial charge in [-0.1, -0.05) is 19.9 Å². The molecule has 0 spiro atoms. The lowest BCUT2D eigenvalue weighted by Crippen LogP contribution is -2.44. The summed E-state index contributed by atoms with van der Waals surface area (Å²) in [7, 11) is -4.21. The molecular formula is C17H21F3N2O5S. The van der Waals surface area contributed by atoms with Crippen LogP contribution in [0, 0.1) is 5.92 Å². The highest BCUT2D eigenvalue weighted by Gasteiger charge is 2.43. The molecule has 0 saturated heterocycles. The lowest BCUT2D eigenvalue weighted by atomic mass is 10.00. The van der Waals surface area contributed by atoms with Crippen LogP contribution in [0.4, 0.5) is 13.2 Å². The lowest BCUT2D eigenvalue weighted by molar-refractivity contribution is -0.186. The van der Waals surface area contributed by atoms with Gasteiger partial charge in [0.2, 0.25) is 10.0 Å². The monoisotopic (exact) mass is 422 g/mol. The maximum Gasteiger partial charge on any atom is 0.471 e. The van der Waals surface area contributed by atoms with Gasteiger partial charge in [0.15, 0.2) is 0 Å². The van der Waals surface area contributed by atoms with Crippen LogP contribution in [0.2, 0.25) is 0 Å². The van der Waals surface area contributed by atoms with Crippen LogP contribution in [-0.4, -0.2) is 49.1 Å². The Morgan fingerprint density at radius 3 is 2.43 bits per heavy atom. The van der Waals surface area contributed by atoms with E-state index in [0.717, 1.165) is 0 Å². The third kappa shape index (κ3) is 5.22. The number of sulfonamides is 1. The molecule has 1 aliphatic heterocycles. The fourth-order valence-electron chi connectivity index (χ4n) is 2.98. The molecule has 0 aliphatic carbocycles. The standard InChI is InChI=1S/C17H21F3N2O5S/c1-10(2)7-14(15(23)24)21-28(26,27)13-4-3-11-5-6-22(9-12(11)8-13)16(25)17(18,19)20/h3-4,8,10,14,21H,5-7,9H2,1-2H3,(H,23,24)/t14-/m1/s1. The van der Waals surface area contributed by atoms with Crippen LogP contribution in [0.15, 0.2) is 23.1 Å². The van der Waals surface area contributed by atoms with Gasteiger partial charge in [-0.05, 0) is 42.0 Å². The summed E-state index contributed by atoms with van der Waals surface area (Å²) in [6.07, 6.45) is -4.77. The molecular weight excluding hydrogens is 401 g/mol. The number of aliphatic carboxylic acids is 1. The molecule has 0 bridgehead atoms. The van der Waals surface area contributed by atoms with Crippen molar-refractivity contribution in [2.75, 3.05) is 6.54 Å². The number of amides is 1. The Hall–Kier alpha value is -2.14. The Balaban J connectivity index is 2.27. The van der Waals surface area contributed by atoms with Gasteiger partial charge in [0, 0.05) is 13.1 Å². The van der Waals surface area contributed by atoms with Crippen molar-refractivity contribution in [3.63, 3.8) is 0 Å². The summed E-state index contributed by atoms with van der Waals surface area (Å²) in [6.45, 7) is 3.00. The lowest BCUT2D eigenvalue weighted by Gasteiger charge is -2.29. The van der Waals surface area contributed by atoms with Gasteiger partial charge in [-0.25, -0.2) is 8.42 Å². The first-order valence-corrected chi connectivity index (χ1v) is 10.0. The minimum Gasteiger partial charge on any atom is -0.480 e. The normalized spacial score (nSPS) is 16.0. The molecule has 1 heterocycles. The van der Waals surface area contributed by atoms with Crippen molar-refractivity contribution in [3.05, 3.63) is 29.3 Å². The molecule has 0 aromatic heterocycles. The Morgan fingerprint density at radius 2 is 1.89 bits per heavy atom. The Labute approximate surface area is 160 Å². The number of fused-ring (bicyclic) bond motifs is 1. The molecule has 28 heavy (non-hydrogen) atoms. The van der Waals surface area contributed by atoms with Gasteiger partial charge < -0.3 is 10.0 Å². The summed E-state index contributed by atoms with van der Waals surface area (Å²) in [5.74, 6) is -3.38. The van der Waals surface area contributed by atoms with E-state index in [1.54, 1.807) is 13.8 Å². The predicted molar refractivity (Wildman–Crippen MR) is 92.8 cm³/mol. The SMILES string of the molecule is CC(C)C[C@@H](NS(=O)(=O)c1ccc2c(c1)CN(C(=O)C(F)(F)F)CC2)C(=O)O. The number of hydrogen-bond acceptors (Lipinski definition) is 4. The van der Waals surface area contributed by atoms with Crippen LogP contribution in [0.3, 0.4) is 0 Å². The zero-order valence-corrected chi connectivity index (χ0v) is 16.1. The highest BCUT2D eigenvalue weighted by atomic mass is 32.2. The molecule has 0 radical (unpaired) electrons. The van der Waals surface area contributed by atoms with Crippen LogP contribution in [-0.2, 0) is 32.6 Å². The molecule has 7 nitrogen and oxygen atoms in total. The first-order chi connectivity index (χ1) is 12.8. The van der Waals surface area contributed by atoms with Gasteiger partial charge in [-0.15, -0.1) is 0 Å². The van der Waals surface area contributed by atoms with Gasteiger partial charge in [0.1, 0.15) is 6.04 Å². The average molecular weight is 422 g/mol. The van der Waals surface area contributed by atoms with E-state index in [-0.39, 0.29) is 42.3 Å². The maximum atomic E-state index is 12.6. The van der Waals surface area contributed by atoms with Crippen molar-refractivity contribution in [2.45, 2.75) is 50.3 Å². The quantitative estimate of drug-likeness (QED) is 0.729. The molecule has 0 saturated carbocycles. The number of carbonyl (C=O) groups excluding carboxylic acids is 1. The average Bonchev–Trinajstić information content (AvgIpc) is 2.58. The number of carbonyl (C=O) groups is 2. The second-order valence-corrected chi connectivity index (χ2v) is 8.76. The summed E-state index contributed by atoms with van der Waals surface area (Å²) in [4.78, 5) is 23.1. The third-order valence-corrected chi connectivity index (χ3v) is 5.80. The van der Waals surface area contributed by atoms with Crippen LogP contribution in [0.5, 0.6) is 0 Å². The van der Waals surface area contributed by atoms with Gasteiger partial charge in [0.05, 0.1) is 4.90 Å². The zero-order valence-electron chi connectivity index (χ0n) is 15.3. The van der Waals surface area contributed by atoms with E-state index >= 15 is 0 Å². The second-order valence-electron chi connectivity index (χ2n) is 7.05. The minimum atomic E-state index is -5.01. The minimum absolute atomic E-state index is 0.0747. The molecule has 1 atom stereocenters. The van der Waals surface area contributed by atoms with E-state index in [9.17, 15) is 36.3 Å². The first-order valence-electron chi connectivity index (χ1n) is 8.54. The molecule has 11 heteroatoms.